The van der Waals surface area contributed by atoms with Crippen LogP contribution in [0.2, 0.25) is 0 Å². The first-order chi connectivity index (χ1) is 35.1. The average molecular weight is 907 g/mol. The van der Waals surface area contributed by atoms with E-state index in [-0.39, 0.29) is 0 Å². The van der Waals surface area contributed by atoms with Gasteiger partial charge in [-0.2, -0.15) is 5.26 Å². The van der Waals surface area contributed by atoms with Crippen molar-refractivity contribution in [2.75, 3.05) is 0 Å². The number of hydrogen-bond acceptors (Lipinski definition) is 6. The number of nitrogens with zero attached hydrogens (tertiary/aromatic N) is 8. The molecule has 330 valence electrons. The smallest absolute Gasteiger partial charge is 0.187 e. The summed E-state index contributed by atoms with van der Waals surface area (Å²) in [5, 5.41) is 12.0. The lowest BCUT2D eigenvalue weighted by Crippen LogP contribution is -2.03. The van der Waals surface area contributed by atoms with Gasteiger partial charge < -0.3 is 4.57 Å². The highest BCUT2D eigenvalue weighted by Gasteiger charge is 2.24. The van der Waals surface area contributed by atoms with Crippen LogP contribution in [0.1, 0.15) is 5.56 Å². The second-order valence-corrected chi connectivity index (χ2v) is 17.1. The van der Waals surface area contributed by atoms with Crippen molar-refractivity contribution in [3.8, 4) is 102 Å². The number of rotatable bonds is 9. The van der Waals surface area contributed by atoms with Gasteiger partial charge in [0.1, 0.15) is 0 Å². The number of nitriles is 1. The first kappa shape index (κ1) is 42.2. The third-order valence-electron chi connectivity index (χ3n) is 12.7. The lowest BCUT2D eigenvalue weighted by atomic mass is 9.91. The van der Waals surface area contributed by atoms with Gasteiger partial charge in [-0.1, -0.05) is 176 Å². The van der Waals surface area contributed by atoms with E-state index >= 15 is 0 Å². The highest BCUT2D eigenvalue weighted by molar-refractivity contribution is 6.12. The maximum atomic E-state index is 9.96. The van der Waals surface area contributed by atoms with E-state index in [1.165, 1.54) is 0 Å². The molecular formula is C63H38N8. The molecule has 3 heterocycles. The van der Waals surface area contributed by atoms with Gasteiger partial charge in [0.2, 0.25) is 0 Å². The van der Waals surface area contributed by atoms with Gasteiger partial charge in [-0.15, -0.1) is 0 Å². The van der Waals surface area contributed by atoms with Crippen molar-refractivity contribution in [1.29, 1.82) is 5.26 Å². The van der Waals surface area contributed by atoms with Gasteiger partial charge in [-0.05, 0) is 65.7 Å². The topological polar surface area (TPSA) is 97.5 Å². The molecule has 0 amide bonds. The van der Waals surface area contributed by atoms with Gasteiger partial charge in [0.05, 0.1) is 46.3 Å². The van der Waals surface area contributed by atoms with Crippen molar-refractivity contribution in [2.24, 2.45) is 0 Å². The Hall–Kier alpha value is -10.2. The average Bonchev–Trinajstić information content (AvgIpc) is 3.78. The molecule has 0 saturated carbocycles. The van der Waals surface area contributed by atoms with Crippen LogP contribution in [0.5, 0.6) is 0 Å². The van der Waals surface area contributed by atoms with Crippen LogP contribution in [0.4, 0.5) is 5.69 Å². The minimum atomic E-state index is 0.545. The zero-order valence-corrected chi connectivity index (χ0v) is 38.0. The number of fused-ring (bicyclic) bond motifs is 3. The Bertz CT molecular complexity index is 3830. The standard InChI is InChI=1S/C63H38N8/c1-65-50-33-30-43(31-34-50)53-38-49(56-39-55(44-16-6-2-7-17-44)66-60(67-56)45-18-8-3-9-19-45)37-52(42-28-26-41(40-64)27-29-42)59(53)71-57-25-15-14-24-51(57)54-36-48(32-35-58(54)71)63-69-61(46-20-10-4-11-21-46)68-62(70-63)47-22-12-5-13-23-47/h2-39H. The van der Waals surface area contributed by atoms with E-state index in [0.29, 0.717) is 34.5 Å². The Balaban J connectivity index is 1.14. The zero-order valence-electron chi connectivity index (χ0n) is 38.0. The fraction of sp³-hybridized carbons (Fsp3) is 0. The number of hydrogen-bond donors (Lipinski definition) is 0. The lowest BCUT2D eigenvalue weighted by Gasteiger charge is -2.21. The molecule has 12 rings (SSSR count). The molecule has 8 nitrogen and oxygen atoms in total. The summed E-state index contributed by atoms with van der Waals surface area (Å²) in [6, 6.07) is 79.4. The molecule has 12 aromatic rings. The van der Waals surface area contributed by atoms with Crippen LogP contribution in [0.25, 0.3) is 123 Å². The van der Waals surface area contributed by atoms with Crippen LogP contribution in [0, 0.1) is 17.9 Å². The van der Waals surface area contributed by atoms with Crippen LogP contribution in [0.3, 0.4) is 0 Å². The molecule has 0 saturated heterocycles. The maximum Gasteiger partial charge on any atom is 0.187 e. The first-order valence-electron chi connectivity index (χ1n) is 23.2. The van der Waals surface area contributed by atoms with E-state index in [9.17, 15) is 5.26 Å². The molecule has 0 fully saturated rings. The number of benzene rings is 9. The summed E-state index contributed by atoms with van der Waals surface area (Å²) in [5.41, 5.74) is 14.6. The Labute approximate surface area is 410 Å². The molecule has 0 radical (unpaired) electrons. The van der Waals surface area contributed by atoms with E-state index in [0.717, 1.165) is 94.5 Å². The second kappa shape index (κ2) is 18.2. The quantitative estimate of drug-likeness (QED) is 0.134. The van der Waals surface area contributed by atoms with E-state index in [1.54, 1.807) is 0 Å². The monoisotopic (exact) mass is 906 g/mol. The molecule has 0 aliphatic heterocycles. The molecule has 0 atom stereocenters. The van der Waals surface area contributed by atoms with E-state index in [4.69, 9.17) is 31.5 Å². The summed E-state index contributed by atoms with van der Waals surface area (Å²) in [4.78, 5) is 29.3. The maximum absolute atomic E-state index is 9.96. The molecule has 0 unspecified atom stereocenters. The number of aromatic nitrogens is 6. The normalized spacial score (nSPS) is 11.1. The fourth-order valence-corrected chi connectivity index (χ4v) is 9.26. The van der Waals surface area contributed by atoms with Gasteiger partial charge in [0.25, 0.3) is 0 Å². The van der Waals surface area contributed by atoms with Crippen molar-refractivity contribution in [3.05, 3.63) is 248 Å². The molecule has 0 spiro atoms. The Morgan fingerprint density at radius 3 is 1.34 bits per heavy atom. The van der Waals surface area contributed by atoms with Gasteiger partial charge in [0.15, 0.2) is 29.0 Å². The Kier molecular flexibility index (Phi) is 10.8. The largest absolute Gasteiger partial charge is 0.308 e. The summed E-state index contributed by atoms with van der Waals surface area (Å²) in [5.74, 6) is 2.35. The van der Waals surface area contributed by atoms with Gasteiger partial charge in [0, 0.05) is 55.3 Å². The highest BCUT2D eigenvalue weighted by atomic mass is 15.0. The molecule has 3 aromatic heterocycles. The van der Waals surface area contributed by atoms with Gasteiger partial charge >= 0.3 is 0 Å². The summed E-state index contributed by atoms with van der Waals surface area (Å²) >= 11 is 0. The van der Waals surface area contributed by atoms with Crippen LogP contribution < -0.4 is 0 Å². The summed E-state index contributed by atoms with van der Waals surface area (Å²) < 4.78 is 2.34. The summed E-state index contributed by atoms with van der Waals surface area (Å²) in [7, 11) is 0. The van der Waals surface area contributed by atoms with E-state index < -0.39 is 0 Å². The predicted molar refractivity (Wildman–Crippen MR) is 284 cm³/mol. The van der Waals surface area contributed by atoms with E-state index in [2.05, 4.69) is 88.3 Å². The molecule has 0 aliphatic rings. The molecule has 9 aromatic carbocycles. The molecule has 0 aliphatic carbocycles. The second-order valence-electron chi connectivity index (χ2n) is 17.1. The van der Waals surface area contributed by atoms with Crippen LogP contribution >= 0.6 is 0 Å². The van der Waals surface area contributed by atoms with Crippen molar-refractivity contribution in [1.82, 2.24) is 29.5 Å². The molecule has 71 heavy (non-hydrogen) atoms. The van der Waals surface area contributed by atoms with Crippen molar-refractivity contribution >= 4 is 27.5 Å². The molecular weight excluding hydrogens is 869 g/mol. The predicted octanol–water partition coefficient (Wildman–Crippen LogP) is 15.5. The SMILES string of the molecule is [C-]#[N+]c1ccc(-c2cc(-c3cc(-c4ccccc4)nc(-c4ccccc4)n3)cc(-c3ccc(C#N)cc3)c2-n2c3ccccc3c3cc(-c4nc(-c5ccccc5)nc(-c5ccccc5)n4)ccc32)cc1. The van der Waals surface area contributed by atoms with Crippen molar-refractivity contribution < 1.29 is 0 Å². The lowest BCUT2D eigenvalue weighted by molar-refractivity contribution is 1.07. The third-order valence-corrected chi connectivity index (χ3v) is 12.7. The first-order valence-corrected chi connectivity index (χ1v) is 23.2. The third kappa shape index (κ3) is 8.04. The fourth-order valence-electron chi connectivity index (χ4n) is 9.26. The van der Waals surface area contributed by atoms with Gasteiger partial charge in [-0.3, -0.25) is 0 Å². The molecule has 8 heteroatoms. The minimum Gasteiger partial charge on any atom is -0.308 e. The molecule has 0 bridgehead atoms. The van der Waals surface area contributed by atoms with E-state index in [1.807, 2.05) is 158 Å². The van der Waals surface area contributed by atoms with Crippen LogP contribution in [0.15, 0.2) is 231 Å². The van der Waals surface area contributed by atoms with Crippen LogP contribution in [-0.4, -0.2) is 29.5 Å². The van der Waals surface area contributed by atoms with Crippen molar-refractivity contribution in [3.63, 3.8) is 0 Å². The Morgan fingerprint density at radius 1 is 0.366 bits per heavy atom. The van der Waals surface area contributed by atoms with Crippen molar-refractivity contribution in [2.45, 2.75) is 0 Å². The van der Waals surface area contributed by atoms with Gasteiger partial charge in [-0.25, -0.2) is 29.8 Å². The van der Waals surface area contributed by atoms with Crippen LogP contribution in [-0.2, 0) is 0 Å². The summed E-state index contributed by atoms with van der Waals surface area (Å²) in [6.07, 6.45) is 0. The highest BCUT2D eigenvalue weighted by Crippen LogP contribution is 2.45. The Morgan fingerprint density at radius 2 is 0.803 bits per heavy atom. The molecule has 0 N–H and O–H groups in total. The minimum absolute atomic E-state index is 0.545. The zero-order chi connectivity index (χ0) is 47.7. The summed E-state index contributed by atoms with van der Waals surface area (Å²) in [6.45, 7) is 7.83. The number of para-hydroxylation sites is 1.